The van der Waals surface area contributed by atoms with E-state index in [-0.39, 0.29) is 5.97 Å². The molecule has 0 aliphatic heterocycles. The SMILES string of the molecule is CCCCOC(C)=O.ON=C1CCCCC1. The largest absolute Gasteiger partial charge is 0.466 e. The van der Waals surface area contributed by atoms with E-state index in [0.29, 0.717) is 6.61 Å². The summed E-state index contributed by atoms with van der Waals surface area (Å²) >= 11 is 0. The minimum atomic E-state index is -0.182. The van der Waals surface area contributed by atoms with Gasteiger partial charge in [-0.15, -0.1) is 0 Å². The molecule has 0 atom stereocenters. The van der Waals surface area contributed by atoms with Gasteiger partial charge in [0.1, 0.15) is 0 Å². The highest BCUT2D eigenvalue weighted by Crippen LogP contribution is 2.13. The van der Waals surface area contributed by atoms with Crippen molar-refractivity contribution >= 4 is 11.7 Å². The van der Waals surface area contributed by atoms with Gasteiger partial charge in [0.05, 0.1) is 12.3 Å². The van der Waals surface area contributed by atoms with Crippen LogP contribution in [-0.4, -0.2) is 23.5 Å². The van der Waals surface area contributed by atoms with Gasteiger partial charge in [-0.3, -0.25) is 4.79 Å². The van der Waals surface area contributed by atoms with Gasteiger partial charge in [-0.2, -0.15) is 0 Å². The molecule has 0 saturated heterocycles. The summed E-state index contributed by atoms with van der Waals surface area (Å²) in [5.74, 6) is -0.182. The maximum atomic E-state index is 10.1. The van der Waals surface area contributed by atoms with E-state index in [4.69, 9.17) is 5.21 Å². The molecule has 1 aliphatic rings. The minimum absolute atomic E-state index is 0.182. The van der Waals surface area contributed by atoms with Crippen molar-refractivity contribution in [1.82, 2.24) is 0 Å². The fourth-order valence-corrected chi connectivity index (χ4v) is 1.42. The van der Waals surface area contributed by atoms with Gasteiger partial charge in [0.2, 0.25) is 0 Å². The molecule has 4 heteroatoms. The Morgan fingerprint density at radius 3 is 2.38 bits per heavy atom. The fourth-order valence-electron chi connectivity index (χ4n) is 1.42. The number of carbonyl (C=O) groups excluding carboxylic acids is 1. The fraction of sp³-hybridized carbons (Fsp3) is 0.833. The molecule has 0 bridgehead atoms. The lowest BCUT2D eigenvalue weighted by Gasteiger charge is -2.08. The topological polar surface area (TPSA) is 58.9 Å². The zero-order valence-corrected chi connectivity index (χ0v) is 10.4. The van der Waals surface area contributed by atoms with Crippen LogP contribution >= 0.6 is 0 Å². The smallest absolute Gasteiger partial charge is 0.302 e. The monoisotopic (exact) mass is 229 g/mol. The third-order valence-electron chi connectivity index (χ3n) is 2.38. The first-order chi connectivity index (χ1) is 7.70. The van der Waals surface area contributed by atoms with Gasteiger partial charge in [0.25, 0.3) is 0 Å². The summed E-state index contributed by atoms with van der Waals surface area (Å²) < 4.78 is 4.64. The molecule has 4 nitrogen and oxygen atoms in total. The molecule has 0 aromatic carbocycles. The maximum absolute atomic E-state index is 10.1. The highest BCUT2D eigenvalue weighted by molar-refractivity contribution is 5.84. The minimum Gasteiger partial charge on any atom is -0.466 e. The van der Waals surface area contributed by atoms with Gasteiger partial charge in [-0.25, -0.2) is 0 Å². The van der Waals surface area contributed by atoms with Crippen molar-refractivity contribution in [3.05, 3.63) is 0 Å². The number of hydrogen-bond donors (Lipinski definition) is 1. The zero-order chi connectivity index (χ0) is 12.2. The molecule has 1 saturated carbocycles. The lowest BCUT2D eigenvalue weighted by atomic mass is 9.99. The summed E-state index contributed by atoms with van der Waals surface area (Å²) in [4.78, 5) is 10.1. The van der Waals surface area contributed by atoms with Crippen molar-refractivity contribution in [1.29, 1.82) is 0 Å². The first-order valence-corrected chi connectivity index (χ1v) is 6.03. The summed E-state index contributed by atoms with van der Waals surface area (Å²) in [5, 5.41) is 11.4. The second-order valence-corrected chi connectivity index (χ2v) is 3.92. The molecule has 1 rings (SSSR count). The molecular formula is C12H23NO3. The lowest BCUT2D eigenvalue weighted by molar-refractivity contribution is -0.141. The quantitative estimate of drug-likeness (QED) is 0.350. The van der Waals surface area contributed by atoms with E-state index >= 15 is 0 Å². The van der Waals surface area contributed by atoms with Gasteiger partial charge in [0, 0.05) is 6.92 Å². The number of oxime groups is 1. The number of esters is 1. The van der Waals surface area contributed by atoms with Crippen LogP contribution in [0.25, 0.3) is 0 Å². The Balaban J connectivity index is 0.000000281. The number of carbonyl (C=O) groups is 1. The normalized spacial score (nSPS) is 14.8. The van der Waals surface area contributed by atoms with E-state index in [0.717, 1.165) is 31.4 Å². The van der Waals surface area contributed by atoms with E-state index in [1.807, 2.05) is 0 Å². The Bertz CT molecular complexity index is 206. The zero-order valence-electron chi connectivity index (χ0n) is 10.4. The number of hydrogen-bond acceptors (Lipinski definition) is 4. The van der Waals surface area contributed by atoms with Crippen LogP contribution in [0.2, 0.25) is 0 Å². The van der Waals surface area contributed by atoms with Crippen molar-refractivity contribution < 1.29 is 14.7 Å². The number of unbranched alkanes of at least 4 members (excludes halogenated alkanes) is 1. The molecular weight excluding hydrogens is 206 g/mol. The van der Waals surface area contributed by atoms with Crippen LogP contribution in [0.5, 0.6) is 0 Å². The summed E-state index contributed by atoms with van der Waals surface area (Å²) in [6, 6.07) is 0. The molecule has 16 heavy (non-hydrogen) atoms. The Labute approximate surface area is 97.7 Å². The predicted molar refractivity (Wildman–Crippen MR) is 63.8 cm³/mol. The lowest BCUT2D eigenvalue weighted by Crippen LogP contribution is -2.03. The van der Waals surface area contributed by atoms with Crippen LogP contribution in [0.4, 0.5) is 0 Å². The predicted octanol–water partition coefficient (Wildman–Crippen LogP) is 3.13. The molecule has 0 amide bonds. The summed E-state index contributed by atoms with van der Waals surface area (Å²) in [7, 11) is 0. The summed E-state index contributed by atoms with van der Waals surface area (Å²) in [6.07, 6.45) is 7.79. The van der Waals surface area contributed by atoms with Gasteiger partial charge in [0.15, 0.2) is 0 Å². The van der Waals surface area contributed by atoms with Crippen LogP contribution in [0.15, 0.2) is 5.16 Å². The first-order valence-electron chi connectivity index (χ1n) is 6.03. The average molecular weight is 229 g/mol. The number of nitrogens with zero attached hydrogens (tertiary/aromatic N) is 1. The Hall–Kier alpha value is -1.06. The van der Waals surface area contributed by atoms with Crippen LogP contribution in [0.1, 0.15) is 58.8 Å². The van der Waals surface area contributed by atoms with E-state index in [1.54, 1.807) is 0 Å². The third-order valence-corrected chi connectivity index (χ3v) is 2.38. The molecule has 0 aromatic heterocycles. The molecule has 0 radical (unpaired) electrons. The van der Waals surface area contributed by atoms with Crippen LogP contribution in [0.3, 0.4) is 0 Å². The summed E-state index contributed by atoms with van der Waals surface area (Å²) in [5.41, 5.74) is 0.983. The average Bonchev–Trinajstić information content (AvgIpc) is 2.31. The molecule has 0 heterocycles. The van der Waals surface area contributed by atoms with E-state index in [9.17, 15) is 4.79 Å². The van der Waals surface area contributed by atoms with Crippen molar-refractivity contribution in [2.45, 2.75) is 58.8 Å². The number of ether oxygens (including phenoxy) is 1. The third kappa shape index (κ3) is 9.49. The van der Waals surface area contributed by atoms with Crippen LogP contribution in [0, 0.1) is 0 Å². The standard InChI is InChI=1S/C6H11NO.C6H12O2/c8-7-6-4-2-1-3-5-6;1-3-4-5-8-6(2)7/h8H,1-5H2;3-5H2,1-2H3. The van der Waals surface area contributed by atoms with Crippen molar-refractivity contribution in [2.24, 2.45) is 5.16 Å². The Kier molecular flexibility index (Phi) is 9.76. The molecule has 1 N–H and O–H groups in total. The van der Waals surface area contributed by atoms with Gasteiger partial charge < -0.3 is 9.94 Å². The number of rotatable bonds is 3. The molecule has 1 fully saturated rings. The Morgan fingerprint density at radius 2 is 2.00 bits per heavy atom. The van der Waals surface area contributed by atoms with Crippen molar-refractivity contribution in [3.8, 4) is 0 Å². The molecule has 0 spiro atoms. The molecule has 0 aromatic rings. The second-order valence-electron chi connectivity index (χ2n) is 3.92. The molecule has 0 unspecified atom stereocenters. The highest BCUT2D eigenvalue weighted by Gasteiger charge is 2.05. The summed E-state index contributed by atoms with van der Waals surface area (Å²) in [6.45, 7) is 4.06. The maximum Gasteiger partial charge on any atom is 0.302 e. The van der Waals surface area contributed by atoms with Crippen LogP contribution < -0.4 is 0 Å². The van der Waals surface area contributed by atoms with Crippen LogP contribution in [-0.2, 0) is 9.53 Å². The first kappa shape index (κ1) is 14.9. The molecule has 1 aliphatic carbocycles. The van der Waals surface area contributed by atoms with Gasteiger partial charge >= 0.3 is 5.97 Å². The Morgan fingerprint density at radius 1 is 1.38 bits per heavy atom. The van der Waals surface area contributed by atoms with Gasteiger partial charge in [-0.05, 0) is 32.1 Å². The van der Waals surface area contributed by atoms with Crippen molar-refractivity contribution in [2.75, 3.05) is 6.61 Å². The van der Waals surface area contributed by atoms with E-state index in [1.165, 1.54) is 26.2 Å². The van der Waals surface area contributed by atoms with Crippen molar-refractivity contribution in [3.63, 3.8) is 0 Å². The highest BCUT2D eigenvalue weighted by atomic mass is 16.5. The second kappa shape index (κ2) is 10.5. The van der Waals surface area contributed by atoms with E-state index < -0.39 is 0 Å². The van der Waals surface area contributed by atoms with Gasteiger partial charge in [-0.1, -0.05) is 24.9 Å². The van der Waals surface area contributed by atoms with E-state index in [2.05, 4.69) is 16.8 Å². The molecule has 94 valence electrons.